The molecule has 0 saturated carbocycles. The Balaban J connectivity index is 2.66. The van der Waals surface area contributed by atoms with Gasteiger partial charge in [0.1, 0.15) is 6.29 Å². The lowest BCUT2D eigenvalue weighted by atomic mass is 9.83. The van der Waals surface area contributed by atoms with Crippen molar-refractivity contribution >= 4 is 18.0 Å². The number of thioether (sulfide) groups is 1. The minimum absolute atomic E-state index is 0.115. The van der Waals surface area contributed by atoms with E-state index in [2.05, 4.69) is 32.6 Å². The van der Waals surface area contributed by atoms with Crippen molar-refractivity contribution in [1.29, 1.82) is 0 Å². The van der Waals surface area contributed by atoms with E-state index < -0.39 is 0 Å². The van der Waals surface area contributed by atoms with E-state index in [0.29, 0.717) is 11.3 Å². The number of aldehydes is 1. The highest BCUT2D eigenvalue weighted by molar-refractivity contribution is 8.00. The Labute approximate surface area is 104 Å². The van der Waals surface area contributed by atoms with Gasteiger partial charge in [-0.2, -0.15) is 11.8 Å². The van der Waals surface area contributed by atoms with Crippen molar-refractivity contribution in [1.82, 2.24) is 4.90 Å². The van der Waals surface area contributed by atoms with Gasteiger partial charge in [-0.15, -0.1) is 0 Å². The third kappa shape index (κ3) is 3.01. The zero-order valence-corrected chi connectivity index (χ0v) is 11.8. The average molecular weight is 243 g/mol. The highest BCUT2D eigenvalue weighted by Crippen LogP contribution is 2.30. The van der Waals surface area contributed by atoms with Crippen molar-refractivity contribution in [3.8, 4) is 0 Å². The monoisotopic (exact) mass is 243 g/mol. The fraction of sp³-hybridized carbons (Fsp3) is 0.923. The van der Waals surface area contributed by atoms with E-state index in [0.717, 1.165) is 25.9 Å². The van der Waals surface area contributed by atoms with Crippen LogP contribution in [0.1, 0.15) is 40.5 Å². The number of rotatable bonds is 5. The van der Waals surface area contributed by atoms with Crippen LogP contribution in [0.15, 0.2) is 0 Å². The van der Waals surface area contributed by atoms with Crippen molar-refractivity contribution < 1.29 is 4.79 Å². The van der Waals surface area contributed by atoms with E-state index in [4.69, 9.17) is 0 Å². The van der Waals surface area contributed by atoms with Crippen molar-refractivity contribution in [2.75, 3.05) is 18.8 Å². The Hall–Kier alpha value is -0.0200. The molecule has 1 rings (SSSR count). The van der Waals surface area contributed by atoms with Crippen LogP contribution < -0.4 is 0 Å². The molecule has 2 nitrogen and oxygen atoms in total. The molecule has 0 aromatic carbocycles. The molecule has 1 aliphatic rings. The summed E-state index contributed by atoms with van der Waals surface area (Å²) in [6.45, 7) is 10.9. The van der Waals surface area contributed by atoms with Gasteiger partial charge in [0.25, 0.3) is 0 Å². The predicted molar refractivity (Wildman–Crippen MR) is 72.0 cm³/mol. The van der Waals surface area contributed by atoms with Gasteiger partial charge in [0, 0.05) is 35.5 Å². The number of hydrogen-bond donors (Lipinski definition) is 0. The predicted octanol–water partition coefficient (Wildman–Crippen LogP) is 2.82. The molecule has 3 heteroatoms. The van der Waals surface area contributed by atoms with Gasteiger partial charge in [0.2, 0.25) is 0 Å². The molecular weight excluding hydrogens is 218 g/mol. The molecule has 0 bridgehead atoms. The van der Waals surface area contributed by atoms with Gasteiger partial charge in [-0.05, 0) is 19.8 Å². The van der Waals surface area contributed by atoms with Gasteiger partial charge in [0.15, 0.2) is 0 Å². The van der Waals surface area contributed by atoms with Crippen molar-refractivity contribution in [3.05, 3.63) is 0 Å². The normalized spacial score (nSPS) is 28.0. The molecule has 0 spiro atoms. The molecule has 0 amide bonds. The first-order chi connectivity index (χ1) is 7.58. The fourth-order valence-corrected chi connectivity index (χ4v) is 3.46. The van der Waals surface area contributed by atoms with E-state index in [9.17, 15) is 4.79 Å². The van der Waals surface area contributed by atoms with Crippen LogP contribution in [0.3, 0.4) is 0 Å². The third-order valence-electron chi connectivity index (χ3n) is 4.19. The topological polar surface area (TPSA) is 20.3 Å². The van der Waals surface area contributed by atoms with Crippen LogP contribution in [0, 0.1) is 5.41 Å². The zero-order chi connectivity index (χ0) is 12.2. The number of hydrogen-bond acceptors (Lipinski definition) is 3. The van der Waals surface area contributed by atoms with E-state index >= 15 is 0 Å². The molecule has 0 N–H and O–H groups in total. The zero-order valence-electron chi connectivity index (χ0n) is 11.0. The first-order valence-electron chi connectivity index (χ1n) is 6.40. The minimum Gasteiger partial charge on any atom is -0.303 e. The molecule has 1 aliphatic heterocycles. The summed E-state index contributed by atoms with van der Waals surface area (Å²) in [6, 6.07) is 0.594. The smallest absolute Gasteiger partial charge is 0.127 e. The highest BCUT2D eigenvalue weighted by Gasteiger charge is 2.33. The van der Waals surface area contributed by atoms with Crippen LogP contribution in [0.25, 0.3) is 0 Å². The molecular formula is C13H25NOS. The summed E-state index contributed by atoms with van der Waals surface area (Å²) in [5, 5.41) is 0.687. The molecule has 1 heterocycles. The first kappa shape index (κ1) is 14.0. The van der Waals surface area contributed by atoms with Gasteiger partial charge in [-0.3, -0.25) is 4.90 Å². The summed E-state index contributed by atoms with van der Waals surface area (Å²) in [4.78, 5) is 13.8. The lowest BCUT2D eigenvalue weighted by Gasteiger charge is -2.42. The Morgan fingerprint density at radius 1 is 1.38 bits per heavy atom. The van der Waals surface area contributed by atoms with Crippen LogP contribution in [0.2, 0.25) is 0 Å². The van der Waals surface area contributed by atoms with Gasteiger partial charge >= 0.3 is 0 Å². The summed E-state index contributed by atoms with van der Waals surface area (Å²) in [7, 11) is 0. The molecule has 0 aliphatic carbocycles. The number of nitrogens with zero attached hydrogens (tertiary/aromatic N) is 1. The first-order valence-corrected chi connectivity index (χ1v) is 7.45. The van der Waals surface area contributed by atoms with Crippen LogP contribution in [-0.4, -0.2) is 41.3 Å². The van der Waals surface area contributed by atoms with Crippen LogP contribution in [0.5, 0.6) is 0 Å². The Kier molecular flexibility index (Phi) is 5.32. The van der Waals surface area contributed by atoms with E-state index in [1.807, 2.05) is 11.8 Å². The summed E-state index contributed by atoms with van der Waals surface area (Å²) >= 11 is 2.05. The molecule has 2 atom stereocenters. The summed E-state index contributed by atoms with van der Waals surface area (Å²) < 4.78 is 0. The Morgan fingerprint density at radius 2 is 2.00 bits per heavy atom. The molecule has 0 aromatic rings. The Bertz CT molecular complexity index is 228. The van der Waals surface area contributed by atoms with Crippen molar-refractivity contribution in [2.45, 2.75) is 51.8 Å². The largest absolute Gasteiger partial charge is 0.303 e. The lowest BCUT2D eigenvalue weighted by Crippen LogP contribution is -2.49. The minimum atomic E-state index is -0.115. The highest BCUT2D eigenvalue weighted by atomic mass is 32.2. The maximum atomic E-state index is 11.3. The van der Waals surface area contributed by atoms with E-state index in [-0.39, 0.29) is 5.41 Å². The second kappa shape index (κ2) is 6.06. The quantitative estimate of drug-likeness (QED) is 0.693. The number of carbonyl (C=O) groups is 1. The molecule has 1 fully saturated rings. The molecule has 16 heavy (non-hydrogen) atoms. The third-order valence-corrected chi connectivity index (χ3v) is 5.53. The molecule has 0 aromatic heterocycles. The van der Waals surface area contributed by atoms with Gasteiger partial charge in [0.05, 0.1) is 0 Å². The maximum absolute atomic E-state index is 11.3. The SMILES string of the molecule is CCC(C=O)(CC)CN1CCSC(C)C1C. The van der Waals surface area contributed by atoms with E-state index in [1.165, 1.54) is 12.0 Å². The van der Waals surface area contributed by atoms with Crippen LogP contribution in [0.4, 0.5) is 0 Å². The lowest BCUT2D eigenvalue weighted by molar-refractivity contribution is -0.118. The summed E-state index contributed by atoms with van der Waals surface area (Å²) in [5.41, 5.74) is -0.115. The summed E-state index contributed by atoms with van der Waals surface area (Å²) in [6.07, 6.45) is 3.10. The Morgan fingerprint density at radius 3 is 2.50 bits per heavy atom. The average Bonchev–Trinajstić information content (AvgIpc) is 2.32. The summed E-state index contributed by atoms with van der Waals surface area (Å²) in [5.74, 6) is 1.20. The fourth-order valence-electron chi connectivity index (χ4n) is 2.30. The second-order valence-corrected chi connectivity index (χ2v) is 6.46. The molecule has 2 unspecified atom stereocenters. The van der Waals surface area contributed by atoms with Gasteiger partial charge < -0.3 is 4.79 Å². The van der Waals surface area contributed by atoms with Gasteiger partial charge in [-0.25, -0.2) is 0 Å². The molecule has 0 radical (unpaired) electrons. The van der Waals surface area contributed by atoms with E-state index in [1.54, 1.807) is 0 Å². The van der Waals surface area contributed by atoms with Crippen LogP contribution >= 0.6 is 11.8 Å². The van der Waals surface area contributed by atoms with Crippen LogP contribution in [-0.2, 0) is 4.79 Å². The molecule has 94 valence electrons. The van der Waals surface area contributed by atoms with Crippen molar-refractivity contribution in [2.24, 2.45) is 5.41 Å². The second-order valence-electron chi connectivity index (χ2n) is 4.97. The molecule has 1 saturated heterocycles. The number of carbonyl (C=O) groups excluding carboxylic acids is 1. The van der Waals surface area contributed by atoms with Crippen molar-refractivity contribution in [3.63, 3.8) is 0 Å². The van der Waals surface area contributed by atoms with Gasteiger partial charge in [-0.1, -0.05) is 20.8 Å². The maximum Gasteiger partial charge on any atom is 0.127 e. The standard InChI is InChI=1S/C13H25NOS/c1-5-13(6-2,10-15)9-14-7-8-16-12(4)11(14)3/h10-12H,5-9H2,1-4H3.